The van der Waals surface area contributed by atoms with E-state index in [-0.39, 0.29) is 0 Å². The highest BCUT2D eigenvalue weighted by molar-refractivity contribution is 5.43. The Labute approximate surface area is 102 Å². The predicted octanol–water partition coefficient (Wildman–Crippen LogP) is 3.30. The van der Waals surface area contributed by atoms with Crippen LogP contribution in [0.3, 0.4) is 0 Å². The summed E-state index contributed by atoms with van der Waals surface area (Å²) in [5.41, 5.74) is 2.22. The Kier molecular flexibility index (Phi) is 3.55. The van der Waals surface area contributed by atoms with E-state index in [0.717, 1.165) is 22.6 Å². The van der Waals surface area contributed by atoms with Crippen molar-refractivity contribution in [1.82, 2.24) is 0 Å². The normalized spacial score (nSPS) is 9.76. The van der Waals surface area contributed by atoms with Gasteiger partial charge in [-0.25, -0.2) is 0 Å². The largest absolute Gasteiger partial charge is 0.489 e. The third-order valence-corrected chi connectivity index (χ3v) is 2.52. The lowest BCUT2D eigenvalue weighted by Gasteiger charge is -2.01. The van der Waals surface area contributed by atoms with Gasteiger partial charge in [-0.3, -0.25) is 0 Å². The van der Waals surface area contributed by atoms with Crippen LogP contribution < -0.4 is 9.47 Å². The lowest BCUT2D eigenvalue weighted by atomic mass is 10.0. The highest BCUT2D eigenvalue weighted by atomic mass is 16.5. The van der Waals surface area contributed by atoms with Crippen LogP contribution in [-0.4, -0.2) is 14.2 Å². The lowest BCUT2D eigenvalue weighted by molar-refractivity contribution is 0.414. The van der Waals surface area contributed by atoms with Gasteiger partial charge >= 0.3 is 0 Å². The first kappa shape index (κ1) is 11.4. The molecule has 86 valence electrons. The maximum Gasteiger partial charge on any atom is 0.153 e. The fourth-order valence-electron chi connectivity index (χ4n) is 1.66. The van der Waals surface area contributed by atoms with Gasteiger partial charge in [0.15, 0.2) is 11.5 Å². The zero-order valence-electron chi connectivity index (χ0n) is 10.0. The average Bonchev–Trinajstić information content (AvgIpc) is 2.39. The molecule has 0 aliphatic carbocycles. The van der Waals surface area contributed by atoms with Crippen molar-refractivity contribution in [3.05, 3.63) is 66.1 Å². The van der Waals surface area contributed by atoms with E-state index in [9.17, 15) is 0 Å². The number of methoxy groups -OCH3 is 2. The smallest absolute Gasteiger partial charge is 0.153 e. The van der Waals surface area contributed by atoms with Gasteiger partial charge in [0.2, 0.25) is 0 Å². The third-order valence-electron chi connectivity index (χ3n) is 2.52. The van der Waals surface area contributed by atoms with Crippen molar-refractivity contribution < 1.29 is 9.47 Å². The Hall–Kier alpha value is -2.09. The van der Waals surface area contributed by atoms with Crippen molar-refractivity contribution >= 4 is 0 Å². The molecule has 0 aliphatic rings. The Bertz CT molecular complexity index is 446. The van der Waals surface area contributed by atoms with Crippen molar-refractivity contribution in [1.29, 1.82) is 0 Å². The van der Waals surface area contributed by atoms with Crippen LogP contribution in [0, 0.1) is 6.42 Å². The summed E-state index contributed by atoms with van der Waals surface area (Å²) in [4.78, 5) is 0. The second-order valence-electron chi connectivity index (χ2n) is 3.70. The molecule has 0 amide bonds. The van der Waals surface area contributed by atoms with Crippen LogP contribution in [-0.2, 0) is 0 Å². The first-order chi connectivity index (χ1) is 8.31. The van der Waals surface area contributed by atoms with Crippen molar-refractivity contribution in [2.45, 2.75) is 0 Å². The molecule has 2 aromatic rings. The van der Waals surface area contributed by atoms with E-state index in [2.05, 4.69) is 6.42 Å². The molecule has 0 atom stereocenters. The van der Waals surface area contributed by atoms with Crippen molar-refractivity contribution in [2.24, 2.45) is 0 Å². The number of ether oxygens (including phenoxy) is 2. The Balaban J connectivity index is 2.18. The predicted molar refractivity (Wildman–Crippen MR) is 68.5 cm³/mol. The molecular formula is C15H15O2+. The van der Waals surface area contributed by atoms with E-state index in [4.69, 9.17) is 9.47 Å². The van der Waals surface area contributed by atoms with E-state index >= 15 is 0 Å². The molecule has 2 rings (SSSR count). The first-order valence-electron chi connectivity index (χ1n) is 5.44. The molecular weight excluding hydrogens is 212 g/mol. The highest BCUT2D eigenvalue weighted by Gasteiger charge is 2.06. The minimum absolute atomic E-state index is 0.863. The molecule has 0 aromatic heterocycles. The summed E-state index contributed by atoms with van der Waals surface area (Å²) in [6.07, 6.45) is 2.09. The fourth-order valence-corrected chi connectivity index (χ4v) is 1.66. The van der Waals surface area contributed by atoms with Crippen LogP contribution >= 0.6 is 0 Å². The van der Waals surface area contributed by atoms with Gasteiger partial charge in [0.05, 0.1) is 25.3 Å². The van der Waals surface area contributed by atoms with E-state index < -0.39 is 0 Å². The summed E-state index contributed by atoms with van der Waals surface area (Å²) in [7, 11) is 3.34. The number of rotatable bonds is 4. The van der Waals surface area contributed by atoms with E-state index in [1.54, 1.807) is 14.2 Å². The molecule has 0 spiro atoms. The molecule has 0 unspecified atom stereocenters. The topological polar surface area (TPSA) is 18.5 Å². The van der Waals surface area contributed by atoms with E-state index in [1.807, 2.05) is 48.5 Å². The van der Waals surface area contributed by atoms with Crippen molar-refractivity contribution in [2.75, 3.05) is 14.2 Å². The fraction of sp³-hybridized carbons (Fsp3) is 0.133. The van der Waals surface area contributed by atoms with Gasteiger partial charge in [-0.05, 0) is 24.3 Å². The van der Waals surface area contributed by atoms with E-state index in [1.165, 1.54) is 0 Å². The number of hydrogen-bond acceptors (Lipinski definition) is 2. The summed E-state index contributed by atoms with van der Waals surface area (Å²) in [5.74, 6) is 1.73. The molecule has 0 saturated heterocycles. The second kappa shape index (κ2) is 5.30. The van der Waals surface area contributed by atoms with Gasteiger partial charge in [0, 0.05) is 30.7 Å². The molecule has 0 aliphatic heterocycles. The average molecular weight is 227 g/mol. The molecule has 2 heteroatoms. The molecule has 0 bridgehead atoms. The molecule has 0 radical (unpaired) electrons. The minimum atomic E-state index is 0.863. The van der Waals surface area contributed by atoms with Crippen LogP contribution in [0.15, 0.2) is 48.5 Å². The Morgan fingerprint density at radius 2 is 1.24 bits per heavy atom. The van der Waals surface area contributed by atoms with Crippen molar-refractivity contribution in [3.8, 4) is 11.5 Å². The summed E-state index contributed by atoms with van der Waals surface area (Å²) in [6, 6.07) is 15.9. The van der Waals surface area contributed by atoms with E-state index in [0.29, 0.717) is 0 Å². The molecule has 2 aromatic carbocycles. The zero-order chi connectivity index (χ0) is 12.1. The van der Waals surface area contributed by atoms with Gasteiger partial charge in [-0.15, -0.1) is 0 Å². The summed E-state index contributed by atoms with van der Waals surface area (Å²) < 4.78 is 10.4. The molecule has 2 nitrogen and oxygen atoms in total. The Morgan fingerprint density at radius 1 is 0.765 bits per heavy atom. The summed E-state index contributed by atoms with van der Waals surface area (Å²) in [5, 5.41) is 0. The van der Waals surface area contributed by atoms with Gasteiger partial charge in [0.1, 0.15) is 0 Å². The van der Waals surface area contributed by atoms with Gasteiger partial charge in [-0.1, -0.05) is 0 Å². The molecule has 0 N–H and O–H groups in total. The van der Waals surface area contributed by atoms with Crippen LogP contribution in [0.1, 0.15) is 11.1 Å². The number of benzene rings is 2. The first-order valence-corrected chi connectivity index (χ1v) is 5.44. The molecule has 0 heterocycles. The second-order valence-corrected chi connectivity index (χ2v) is 3.70. The maximum atomic E-state index is 5.19. The molecule has 17 heavy (non-hydrogen) atoms. The minimum Gasteiger partial charge on any atom is -0.489 e. The number of hydrogen-bond donors (Lipinski definition) is 0. The van der Waals surface area contributed by atoms with Crippen molar-refractivity contribution in [3.63, 3.8) is 0 Å². The van der Waals surface area contributed by atoms with Gasteiger partial charge < -0.3 is 9.47 Å². The summed E-state index contributed by atoms with van der Waals surface area (Å²) >= 11 is 0. The zero-order valence-corrected chi connectivity index (χ0v) is 10.0. The SMILES string of the molecule is COc1cccc([CH+]c2cccc(OC)c2)c1. The summed E-state index contributed by atoms with van der Waals surface area (Å²) in [6.45, 7) is 0. The molecule has 0 fully saturated rings. The highest BCUT2D eigenvalue weighted by Crippen LogP contribution is 2.20. The maximum absolute atomic E-state index is 5.19. The lowest BCUT2D eigenvalue weighted by Crippen LogP contribution is -1.89. The molecule has 0 saturated carbocycles. The third kappa shape index (κ3) is 2.94. The van der Waals surface area contributed by atoms with Crippen LogP contribution in [0.2, 0.25) is 0 Å². The van der Waals surface area contributed by atoms with Gasteiger partial charge in [-0.2, -0.15) is 0 Å². The quantitative estimate of drug-likeness (QED) is 0.746. The van der Waals surface area contributed by atoms with Crippen LogP contribution in [0.5, 0.6) is 11.5 Å². The van der Waals surface area contributed by atoms with Crippen LogP contribution in [0.25, 0.3) is 0 Å². The standard InChI is InChI=1S/C15H15O2/c1-16-14-7-3-5-12(10-14)9-13-6-4-8-15(11-13)17-2/h3-11H,1-2H3/q+1. The van der Waals surface area contributed by atoms with Gasteiger partial charge in [0.25, 0.3) is 0 Å². The monoisotopic (exact) mass is 227 g/mol. The van der Waals surface area contributed by atoms with Crippen LogP contribution in [0.4, 0.5) is 0 Å². The Morgan fingerprint density at radius 3 is 1.65 bits per heavy atom.